The summed E-state index contributed by atoms with van der Waals surface area (Å²) in [5.41, 5.74) is 3.74. The average Bonchev–Trinajstić information content (AvgIpc) is 3.27. The van der Waals surface area contributed by atoms with Gasteiger partial charge in [-0.05, 0) is 35.4 Å². The Bertz CT molecular complexity index is 1660. The zero-order valence-corrected chi connectivity index (χ0v) is 19.7. The molecule has 3 aromatic carbocycles. The van der Waals surface area contributed by atoms with E-state index in [9.17, 15) is 9.59 Å². The maximum absolute atomic E-state index is 13.2. The number of nitrogens with zero attached hydrogens (tertiary/aromatic N) is 2. The Hall–Kier alpha value is -4.59. The summed E-state index contributed by atoms with van der Waals surface area (Å²) in [6, 6.07) is 23.3. The lowest BCUT2D eigenvalue weighted by atomic mass is 9.86. The Kier molecular flexibility index (Phi) is 5.41. The van der Waals surface area contributed by atoms with Crippen LogP contribution in [0.25, 0.3) is 16.8 Å². The highest BCUT2D eigenvalue weighted by molar-refractivity contribution is 5.96. The zero-order chi connectivity index (χ0) is 24.6. The Balaban J connectivity index is 1.38. The van der Waals surface area contributed by atoms with Gasteiger partial charge in [-0.1, -0.05) is 48.5 Å². The maximum Gasteiger partial charge on any atom is 0.258 e. The van der Waals surface area contributed by atoms with Crippen LogP contribution < -0.4 is 20.3 Å². The van der Waals surface area contributed by atoms with Gasteiger partial charge in [-0.2, -0.15) is 0 Å². The van der Waals surface area contributed by atoms with Crippen molar-refractivity contribution in [3.63, 3.8) is 0 Å². The number of benzene rings is 3. The molecular formula is C28H24N4O4. The normalized spacial score (nSPS) is 15.0. The smallest absolute Gasteiger partial charge is 0.258 e. The molecule has 2 N–H and O–H groups in total. The molecule has 0 spiro atoms. The summed E-state index contributed by atoms with van der Waals surface area (Å²) in [5, 5.41) is 2.91. The van der Waals surface area contributed by atoms with E-state index in [1.54, 1.807) is 11.5 Å². The van der Waals surface area contributed by atoms with Gasteiger partial charge in [0.25, 0.3) is 5.56 Å². The molecule has 36 heavy (non-hydrogen) atoms. The lowest BCUT2D eigenvalue weighted by Crippen LogP contribution is -2.32. The number of amides is 1. The van der Waals surface area contributed by atoms with Crippen molar-refractivity contribution in [2.75, 3.05) is 19.0 Å². The van der Waals surface area contributed by atoms with E-state index in [1.165, 1.54) is 5.56 Å². The molecule has 1 aliphatic rings. The third-order valence-electron chi connectivity index (χ3n) is 6.59. The summed E-state index contributed by atoms with van der Waals surface area (Å²) in [4.78, 5) is 33.4. The number of carbonyl (C=O) groups excluding carboxylic acids is 1. The molecule has 0 bridgehead atoms. The lowest BCUT2D eigenvalue weighted by Gasteiger charge is -2.26. The summed E-state index contributed by atoms with van der Waals surface area (Å²) in [6.07, 6.45) is 0.914. The van der Waals surface area contributed by atoms with Crippen LogP contribution in [-0.2, 0) is 11.2 Å². The lowest BCUT2D eigenvalue weighted by molar-refractivity contribution is -0.116. The highest BCUT2D eigenvalue weighted by Gasteiger charge is 2.32. The fourth-order valence-electron chi connectivity index (χ4n) is 4.88. The van der Waals surface area contributed by atoms with Crippen molar-refractivity contribution in [3.8, 4) is 11.5 Å². The van der Waals surface area contributed by atoms with Crippen molar-refractivity contribution < 1.29 is 14.3 Å². The first-order valence-electron chi connectivity index (χ1n) is 11.8. The Labute approximate surface area is 206 Å². The third-order valence-corrected chi connectivity index (χ3v) is 6.59. The molecule has 1 aliphatic heterocycles. The molecular weight excluding hydrogens is 456 g/mol. The predicted octanol–water partition coefficient (Wildman–Crippen LogP) is 4.28. The first-order chi connectivity index (χ1) is 17.6. The Morgan fingerprint density at radius 3 is 2.64 bits per heavy atom. The molecule has 8 heteroatoms. The van der Waals surface area contributed by atoms with Gasteiger partial charge in [0.15, 0.2) is 11.5 Å². The Morgan fingerprint density at radius 2 is 1.81 bits per heavy atom. The van der Waals surface area contributed by atoms with Gasteiger partial charge >= 0.3 is 0 Å². The fraction of sp³-hybridized carbons (Fsp3) is 0.179. The number of nitrogens with one attached hydrogen (secondary N) is 2. The van der Waals surface area contributed by atoms with Gasteiger partial charge in [0, 0.05) is 18.8 Å². The molecule has 6 rings (SSSR count). The molecule has 2 aromatic heterocycles. The van der Waals surface area contributed by atoms with Crippen LogP contribution in [0.1, 0.15) is 29.0 Å². The van der Waals surface area contributed by atoms with Crippen molar-refractivity contribution >= 4 is 28.5 Å². The highest BCUT2D eigenvalue weighted by Crippen LogP contribution is 2.39. The zero-order valence-electron chi connectivity index (χ0n) is 19.7. The van der Waals surface area contributed by atoms with Crippen molar-refractivity contribution in [3.05, 3.63) is 99.8 Å². The van der Waals surface area contributed by atoms with E-state index in [0.717, 1.165) is 23.0 Å². The van der Waals surface area contributed by atoms with E-state index in [4.69, 9.17) is 9.47 Å². The van der Waals surface area contributed by atoms with Gasteiger partial charge in [0.1, 0.15) is 5.82 Å². The molecule has 0 saturated heterocycles. The van der Waals surface area contributed by atoms with E-state index in [1.807, 2.05) is 60.7 Å². The van der Waals surface area contributed by atoms with E-state index < -0.39 is 5.92 Å². The number of carbonyl (C=O) groups is 1. The van der Waals surface area contributed by atoms with Crippen LogP contribution in [0.5, 0.6) is 11.5 Å². The molecule has 0 saturated carbocycles. The maximum atomic E-state index is 13.2. The molecule has 8 nitrogen and oxygen atoms in total. The minimum absolute atomic E-state index is 0.144. The van der Waals surface area contributed by atoms with Gasteiger partial charge in [0.05, 0.1) is 30.3 Å². The largest absolute Gasteiger partial charge is 0.493 e. The first-order valence-corrected chi connectivity index (χ1v) is 11.8. The third kappa shape index (κ3) is 3.76. The second kappa shape index (κ2) is 8.88. The van der Waals surface area contributed by atoms with Crippen molar-refractivity contribution in [1.29, 1.82) is 0 Å². The monoisotopic (exact) mass is 480 g/mol. The topological polar surface area (TPSA) is 97.7 Å². The minimum atomic E-state index is -0.449. The number of rotatable bonds is 6. The molecule has 0 unspecified atom stereocenters. The molecule has 0 radical (unpaired) electrons. The minimum Gasteiger partial charge on any atom is -0.493 e. The molecule has 0 fully saturated rings. The highest BCUT2D eigenvalue weighted by atomic mass is 16.5. The standard InChI is InChI=1S/C28H24N4O4/c1-35-23-15-18(11-12-22(23)36-14-13-17-7-3-2-4-8-17)19-16-24(33)30-26-25(19)27(34)31-28-29-20-9-5-6-10-21(20)32(26)28/h2-12,15,19H,13-14,16H2,1H3,(H,30,33)(H,29,31,34)/t19-/m1/s1. The summed E-state index contributed by atoms with van der Waals surface area (Å²) in [5.74, 6) is 1.39. The van der Waals surface area contributed by atoms with Crippen LogP contribution in [0.4, 0.5) is 5.82 Å². The number of hydrogen-bond acceptors (Lipinski definition) is 5. The molecule has 180 valence electrons. The van der Waals surface area contributed by atoms with Crippen LogP contribution >= 0.6 is 0 Å². The number of hydrogen-bond donors (Lipinski definition) is 2. The number of fused-ring (bicyclic) bond motifs is 5. The van der Waals surface area contributed by atoms with Crippen molar-refractivity contribution in [2.24, 2.45) is 0 Å². The molecule has 0 aliphatic carbocycles. The molecule has 3 heterocycles. The number of methoxy groups -OCH3 is 1. The molecule has 1 amide bonds. The number of imidazole rings is 1. The predicted molar refractivity (Wildman–Crippen MR) is 137 cm³/mol. The van der Waals surface area contributed by atoms with Crippen LogP contribution in [0.15, 0.2) is 77.6 Å². The quantitative estimate of drug-likeness (QED) is 0.378. The van der Waals surface area contributed by atoms with Gasteiger partial charge in [-0.15, -0.1) is 0 Å². The fourth-order valence-corrected chi connectivity index (χ4v) is 4.88. The summed E-state index contributed by atoms with van der Waals surface area (Å²) < 4.78 is 13.4. The average molecular weight is 481 g/mol. The van der Waals surface area contributed by atoms with Gasteiger partial charge in [0.2, 0.25) is 11.7 Å². The number of anilines is 1. The number of aromatic amines is 1. The van der Waals surface area contributed by atoms with Gasteiger partial charge in [-0.3, -0.25) is 19.0 Å². The summed E-state index contributed by atoms with van der Waals surface area (Å²) in [6.45, 7) is 0.500. The summed E-state index contributed by atoms with van der Waals surface area (Å²) >= 11 is 0. The number of para-hydroxylation sites is 2. The second-order valence-corrected chi connectivity index (χ2v) is 8.78. The van der Waals surface area contributed by atoms with Crippen LogP contribution in [0.3, 0.4) is 0 Å². The Morgan fingerprint density at radius 1 is 1.00 bits per heavy atom. The molecule has 5 aromatic rings. The second-order valence-electron chi connectivity index (χ2n) is 8.78. The van der Waals surface area contributed by atoms with Crippen LogP contribution in [0, 0.1) is 0 Å². The van der Waals surface area contributed by atoms with Crippen molar-refractivity contribution in [2.45, 2.75) is 18.8 Å². The number of aromatic nitrogens is 3. The van der Waals surface area contributed by atoms with E-state index >= 15 is 0 Å². The number of H-pyrrole nitrogens is 1. The van der Waals surface area contributed by atoms with E-state index in [0.29, 0.717) is 35.3 Å². The molecule has 1 atom stereocenters. The van der Waals surface area contributed by atoms with Crippen molar-refractivity contribution in [1.82, 2.24) is 14.4 Å². The summed E-state index contributed by atoms with van der Waals surface area (Å²) in [7, 11) is 1.58. The van der Waals surface area contributed by atoms with Gasteiger partial charge in [-0.25, -0.2) is 4.98 Å². The van der Waals surface area contributed by atoms with E-state index in [2.05, 4.69) is 27.4 Å². The van der Waals surface area contributed by atoms with Crippen LogP contribution in [0.2, 0.25) is 0 Å². The SMILES string of the molecule is COc1cc([C@H]2CC(=O)Nc3c2c(=O)[nH]c2nc4ccccc4n32)ccc1OCCc1ccccc1. The van der Waals surface area contributed by atoms with Crippen LogP contribution in [-0.4, -0.2) is 34.0 Å². The van der Waals surface area contributed by atoms with Gasteiger partial charge < -0.3 is 14.8 Å². The first kappa shape index (κ1) is 21.9. The number of ether oxygens (including phenoxy) is 2. The van der Waals surface area contributed by atoms with E-state index in [-0.39, 0.29) is 17.9 Å².